The second-order valence-electron chi connectivity index (χ2n) is 7.12. The Balaban J connectivity index is 1.62. The standard InChI is InChI=1S/C22H28N2O3/c1-15(19-12-23-13-19)22(25)24-16(2)18-9-10-20(21(11-18)26-3)27-14-17-7-5-4-6-8-17/h4-11,15-16,19,23H,12-14H2,1-3H3,(H,24,25). The van der Waals surface area contributed by atoms with Crippen LogP contribution in [0.5, 0.6) is 11.5 Å². The minimum Gasteiger partial charge on any atom is -0.493 e. The Bertz CT molecular complexity index is 759. The van der Waals surface area contributed by atoms with Gasteiger partial charge in [0.2, 0.25) is 5.91 Å². The molecular formula is C22H28N2O3. The van der Waals surface area contributed by atoms with E-state index >= 15 is 0 Å². The molecule has 27 heavy (non-hydrogen) atoms. The predicted octanol–water partition coefficient (Wildman–Crippen LogP) is 3.31. The van der Waals surface area contributed by atoms with Gasteiger partial charge in [-0.1, -0.05) is 43.3 Å². The van der Waals surface area contributed by atoms with Gasteiger partial charge in [-0.05, 0) is 49.2 Å². The SMILES string of the molecule is COc1cc(C(C)NC(=O)C(C)C2CNC2)ccc1OCc1ccccc1. The van der Waals surface area contributed by atoms with Crippen molar-refractivity contribution in [2.24, 2.45) is 11.8 Å². The first-order valence-electron chi connectivity index (χ1n) is 9.44. The topological polar surface area (TPSA) is 59.6 Å². The third-order valence-electron chi connectivity index (χ3n) is 5.22. The van der Waals surface area contributed by atoms with Crippen molar-refractivity contribution in [1.29, 1.82) is 0 Å². The molecule has 0 radical (unpaired) electrons. The average Bonchev–Trinajstić information content (AvgIpc) is 2.65. The van der Waals surface area contributed by atoms with Gasteiger partial charge in [0.05, 0.1) is 13.2 Å². The van der Waals surface area contributed by atoms with Gasteiger partial charge in [-0.25, -0.2) is 0 Å². The average molecular weight is 368 g/mol. The molecule has 0 spiro atoms. The molecule has 2 N–H and O–H groups in total. The lowest BCUT2D eigenvalue weighted by atomic mass is 9.88. The maximum Gasteiger partial charge on any atom is 0.223 e. The van der Waals surface area contributed by atoms with Crippen LogP contribution in [0.2, 0.25) is 0 Å². The first kappa shape index (κ1) is 19.2. The first-order chi connectivity index (χ1) is 13.1. The summed E-state index contributed by atoms with van der Waals surface area (Å²) in [5, 5.41) is 6.33. The highest BCUT2D eigenvalue weighted by atomic mass is 16.5. The van der Waals surface area contributed by atoms with Gasteiger partial charge in [-0.15, -0.1) is 0 Å². The molecule has 3 rings (SSSR count). The van der Waals surface area contributed by atoms with E-state index in [1.165, 1.54) is 0 Å². The van der Waals surface area contributed by atoms with E-state index < -0.39 is 0 Å². The van der Waals surface area contributed by atoms with Gasteiger partial charge in [0, 0.05) is 5.92 Å². The smallest absolute Gasteiger partial charge is 0.223 e. The second-order valence-corrected chi connectivity index (χ2v) is 7.12. The number of hydrogen-bond donors (Lipinski definition) is 2. The Kier molecular flexibility index (Phi) is 6.35. The summed E-state index contributed by atoms with van der Waals surface area (Å²) in [6, 6.07) is 15.7. The highest BCUT2D eigenvalue weighted by Gasteiger charge is 2.29. The van der Waals surface area contributed by atoms with E-state index in [1.807, 2.05) is 62.4 Å². The number of benzene rings is 2. The second kappa shape index (κ2) is 8.91. The van der Waals surface area contributed by atoms with Crippen LogP contribution < -0.4 is 20.1 Å². The third kappa shape index (κ3) is 4.80. The van der Waals surface area contributed by atoms with E-state index in [9.17, 15) is 4.79 Å². The lowest BCUT2D eigenvalue weighted by molar-refractivity contribution is -0.127. The lowest BCUT2D eigenvalue weighted by Crippen LogP contribution is -2.49. The van der Waals surface area contributed by atoms with Gasteiger partial charge in [-0.2, -0.15) is 0 Å². The zero-order valence-corrected chi connectivity index (χ0v) is 16.2. The maximum atomic E-state index is 12.4. The van der Waals surface area contributed by atoms with Gasteiger partial charge in [0.15, 0.2) is 11.5 Å². The van der Waals surface area contributed by atoms with Crippen LogP contribution in [0.15, 0.2) is 48.5 Å². The molecule has 0 saturated carbocycles. The zero-order chi connectivity index (χ0) is 19.2. The van der Waals surface area contributed by atoms with Gasteiger partial charge in [0.1, 0.15) is 6.61 Å². The fourth-order valence-corrected chi connectivity index (χ4v) is 3.11. The van der Waals surface area contributed by atoms with Crippen molar-refractivity contribution in [3.63, 3.8) is 0 Å². The highest BCUT2D eigenvalue weighted by molar-refractivity contribution is 5.79. The summed E-state index contributed by atoms with van der Waals surface area (Å²) in [5.74, 6) is 1.90. The Hall–Kier alpha value is -2.53. The maximum absolute atomic E-state index is 12.4. The Morgan fingerprint density at radius 1 is 1.15 bits per heavy atom. The molecule has 1 fully saturated rings. The molecule has 2 atom stereocenters. The first-order valence-corrected chi connectivity index (χ1v) is 9.44. The van der Waals surface area contributed by atoms with Crippen molar-refractivity contribution in [2.75, 3.05) is 20.2 Å². The zero-order valence-electron chi connectivity index (χ0n) is 16.2. The molecular weight excluding hydrogens is 340 g/mol. The number of rotatable bonds is 8. The number of carbonyl (C=O) groups excluding carboxylic acids is 1. The minimum absolute atomic E-state index is 0.0177. The highest BCUT2D eigenvalue weighted by Crippen LogP contribution is 2.31. The molecule has 1 heterocycles. The molecule has 2 aromatic rings. The predicted molar refractivity (Wildman–Crippen MR) is 106 cm³/mol. The molecule has 1 aliphatic rings. The summed E-state index contributed by atoms with van der Waals surface area (Å²) in [4.78, 5) is 12.4. The summed E-state index contributed by atoms with van der Waals surface area (Å²) in [5.41, 5.74) is 2.09. The number of amides is 1. The molecule has 1 saturated heterocycles. The third-order valence-corrected chi connectivity index (χ3v) is 5.22. The van der Waals surface area contributed by atoms with Gasteiger partial charge >= 0.3 is 0 Å². The fourth-order valence-electron chi connectivity index (χ4n) is 3.11. The van der Waals surface area contributed by atoms with Crippen LogP contribution in [0.25, 0.3) is 0 Å². The van der Waals surface area contributed by atoms with E-state index in [-0.39, 0.29) is 17.9 Å². The summed E-state index contributed by atoms with van der Waals surface area (Å²) in [6.45, 7) is 6.31. The van der Waals surface area contributed by atoms with Crippen LogP contribution in [-0.4, -0.2) is 26.1 Å². The fraction of sp³-hybridized carbons (Fsp3) is 0.409. The van der Waals surface area contributed by atoms with Gasteiger partial charge in [0.25, 0.3) is 0 Å². The van der Waals surface area contributed by atoms with Crippen LogP contribution in [0.3, 0.4) is 0 Å². The molecule has 2 unspecified atom stereocenters. The van der Waals surface area contributed by atoms with Crippen LogP contribution in [-0.2, 0) is 11.4 Å². The molecule has 2 aromatic carbocycles. The summed E-state index contributed by atoms with van der Waals surface area (Å²) >= 11 is 0. The number of ether oxygens (including phenoxy) is 2. The molecule has 1 amide bonds. The van der Waals surface area contributed by atoms with Crippen LogP contribution in [0.4, 0.5) is 0 Å². The van der Waals surface area contributed by atoms with Gasteiger partial charge < -0.3 is 20.1 Å². The van der Waals surface area contributed by atoms with Crippen molar-refractivity contribution in [2.45, 2.75) is 26.5 Å². The number of carbonyl (C=O) groups is 1. The number of hydrogen-bond acceptors (Lipinski definition) is 4. The van der Waals surface area contributed by atoms with E-state index in [2.05, 4.69) is 10.6 Å². The minimum atomic E-state index is -0.0925. The van der Waals surface area contributed by atoms with Crippen molar-refractivity contribution in [3.8, 4) is 11.5 Å². The Labute approximate surface area is 161 Å². The summed E-state index contributed by atoms with van der Waals surface area (Å²) < 4.78 is 11.4. The normalized spacial score (nSPS) is 16.1. The largest absolute Gasteiger partial charge is 0.493 e. The van der Waals surface area contributed by atoms with Crippen molar-refractivity contribution >= 4 is 5.91 Å². The van der Waals surface area contributed by atoms with Crippen LogP contribution in [0.1, 0.15) is 31.0 Å². The Morgan fingerprint density at radius 3 is 2.52 bits per heavy atom. The summed E-state index contributed by atoms with van der Waals surface area (Å²) in [7, 11) is 1.63. The number of nitrogens with one attached hydrogen (secondary N) is 2. The van der Waals surface area contributed by atoms with Crippen LogP contribution >= 0.6 is 0 Å². The quantitative estimate of drug-likeness (QED) is 0.751. The Morgan fingerprint density at radius 2 is 1.89 bits per heavy atom. The van der Waals surface area contributed by atoms with E-state index in [1.54, 1.807) is 7.11 Å². The van der Waals surface area contributed by atoms with E-state index in [4.69, 9.17) is 9.47 Å². The molecule has 0 bridgehead atoms. The van der Waals surface area contributed by atoms with Crippen LogP contribution in [0, 0.1) is 11.8 Å². The van der Waals surface area contributed by atoms with Crippen molar-refractivity contribution < 1.29 is 14.3 Å². The van der Waals surface area contributed by atoms with E-state index in [0.717, 1.165) is 24.2 Å². The van der Waals surface area contributed by atoms with Crippen molar-refractivity contribution in [3.05, 3.63) is 59.7 Å². The van der Waals surface area contributed by atoms with Gasteiger partial charge in [-0.3, -0.25) is 4.79 Å². The molecule has 144 valence electrons. The number of methoxy groups -OCH3 is 1. The molecule has 0 aromatic heterocycles. The lowest BCUT2D eigenvalue weighted by Gasteiger charge is -2.32. The summed E-state index contributed by atoms with van der Waals surface area (Å²) in [6.07, 6.45) is 0. The monoisotopic (exact) mass is 368 g/mol. The van der Waals surface area contributed by atoms with Crippen molar-refractivity contribution in [1.82, 2.24) is 10.6 Å². The van der Waals surface area contributed by atoms with E-state index in [0.29, 0.717) is 24.0 Å². The molecule has 5 heteroatoms. The molecule has 5 nitrogen and oxygen atoms in total. The molecule has 1 aliphatic heterocycles. The molecule has 0 aliphatic carbocycles.